The summed E-state index contributed by atoms with van der Waals surface area (Å²) in [5, 5.41) is 0. The summed E-state index contributed by atoms with van der Waals surface area (Å²) in [6.07, 6.45) is 8.53. The molecule has 18 heavy (non-hydrogen) atoms. The van der Waals surface area contributed by atoms with Gasteiger partial charge in [0.1, 0.15) is 0 Å². The van der Waals surface area contributed by atoms with Gasteiger partial charge in [0.25, 0.3) is 0 Å². The van der Waals surface area contributed by atoms with Crippen molar-refractivity contribution in [1.82, 2.24) is 4.90 Å². The van der Waals surface area contributed by atoms with Crippen molar-refractivity contribution in [2.45, 2.75) is 71.4 Å². The molecule has 2 aliphatic rings. The third-order valence-electron chi connectivity index (χ3n) is 4.97. The van der Waals surface area contributed by atoms with Crippen molar-refractivity contribution >= 4 is 0 Å². The van der Waals surface area contributed by atoms with Crippen LogP contribution in [0.3, 0.4) is 0 Å². The van der Waals surface area contributed by atoms with Crippen molar-refractivity contribution in [3.8, 4) is 0 Å². The zero-order chi connectivity index (χ0) is 13.0. The van der Waals surface area contributed by atoms with E-state index >= 15 is 0 Å². The molecule has 2 heteroatoms. The van der Waals surface area contributed by atoms with E-state index in [4.69, 9.17) is 4.74 Å². The predicted molar refractivity (Wildman–Crippen MR) is 76.8 cm³/mol. The van der Waals surface area contributed by atoms with Crippen LogP contribution in [-0.4, -0.2) is 36.7 Å². The highest BCUT2D eigenvalue weighted by molar-refractivity contribution is 4.79. The SMILES string of the molecule is CC(C)C1CCOC(CC(C)N2CCCCC2)C1. The monoisotopic (exact) mass is 253 g/mol. The number of likely N-dealkylation sites (tertiary alicyclic amines) is 1. The molecular weight excluding hydrogens is 222 g/mol. The first-order valence-electron chi connectivity index (χ1n) is 8.02. The van der Waals surface area contributed by atoms with Crippen molar-refractivity contribution < 1.29 is 4.74 Å². The number of piperidine rings is 1. The van der Waals surface area contributed by atoms with Crippen LogP contribution in [0, 0.1) is 11.8 Å². The first kappa shape index (κ1) is 14.3. The van der Waals surface area contributed by atoms with E-state index in [2.05, 4.69) is 25.7 Å². The molecule has 2 fully saturated rings. The third-order valence-corrected chi connectivity index (χ3v) is 4.97. The molecule has 0 aliphatic carbocycles. The molecule has 3 unspecified atom stereocenters. The molecule has 2 heterocycles. The topological polar surface area (TPSA) is 12.5 Å². The van der Waals surface area contributed by atoms with Crippen LogP contribution >= 0.6 is 0 Å². The normalized spacial score (nSPS) is 32.7. The number of hydrogen-bond donors (Lipinski definition) is 0. The number of ether oxygens (including phenoxy) is 1. The van der Waals surface area contributed by atoms with Gasteiger partial charge in [0.2, 0.25) is 0 Å². The van der Waals surface area contributed by atoms with E-state index in [0.717, 1.165) is 18.4 Å². The second kappa shape index (κ2) is 6.91. The second-order valence-corrected chi connectivity index (χ2v) is 6.70. The van der Waals surface area contributed by atoms with Gasteiger partial charge in [-0.2, -0.15) is 0 Å². The van der Waals surface area contributed by atoms with Crippen molar-refractivity contribution in [1.29, 1.82) is 0 Å². The fraction of sp³-hybridized carbons (Fsp3) is 1.00. The summed E-state index contributed by atoms with van der Waals surface area (Å²) in [6, 6.07) is 0.709. The van der Waals surface area contributed by atoms with E-state index in [-0.39, 0.29) is 0 Å². The molecule has 2 nitrogen and oxygen atoms in total. The van der Waals surface area contributed by atoms with Crippen molar-refractivity contribution in [2.75, 3.05) is 19.7 Å². The minimum Gasteiger partial charge on any atom is -0.378 e. The Bertz CT molecular complexity index is 235. The standard InChI is InChI=1S/C16H31NO/c1-13(2)15-7-10-18-16(12-15)11-14(3)17-8-5-4-6-9-17/h13-16H,4-12H2,1-3H3. The van der Waals surface area contributed by atoms with E-state index in [9.17, 15) is 0 Å². The molecule has 0 aromatic rings. The van der Waals surface area contributed by atoms with E-state index < -0.39 is 0 Å². The molecule has 0 bridgehead atoms. The smallest absolute Gasteiger partial charge is 0.0592 e. The summed E-state index contributed by atoms with van der Waals surface area (Å²) in [4.78, 5) is 2.67. The number of rotatable bonds is 4. The molecule has 0 N–H and O–H groups in total. The molecule has 0 aromatic carbocycles. The highest BCUT2D eigenvalue weighted by atomic mass is 16.5. The van der Waals surface area contributed by atoms with E-state index in [1.54, 1.807) is 0 Å². The van der Waals surface area contributed by atoms with Crippen LogP contribution in [0.4, 0.5) is 0 Å². The maximum atomic E-state index is 5.99. The van der Waals surface area contributed by atoms with Gasteiger partial charge in [-0.1, -0.05) is 20.3 Å². The summed E-state index contributed by atoms with van der Waals surface area (Å²) in [7, 11) is 0. The van der Waals surface area contributed by atoms with Crippen molar-refractivity contribution in [3.63, 3.8) is 0 Å². The first-order chi connectivity index (χ1) is 8.66. The average molecular weight is 253 g/mol. The van der Waals surface area contributed by atoms with Crippen LogP contribution in [0.5, 0.6) is 0 Å². The molecule has 3 atom stereocenters. The second-order valence-electron chi connectivity index (χ2n) is 6.70. The Labute approximate surface area is 113 Å². The lowest BCUT2D eigenvalue weighted by atomic mass is 9.84. The Morgan fingerprint density at radius 2 is 1.83 bits per heavy atom. The van der Waals surface area contributed by atoms with Gasteiger partial charge < -0.3 is 9.64 Å². The summed E-state index contributed by atoms with van der Waals surface area (Å²) in [5.41, 5.74) is 0. The first-order valence-corrected chi connectivity index (χ1v) is 8.02. The fourth-order valence-electron chi connectivity index (χ4n) is 3.57. The van der Waals surface area contributed by atoms with Crippen molar-refractivity contribution in [3.05, 3.63) is 0 Å². The lowest BCUT2D eigenvalue weighted by Gasteiger charge is -2.37. The Morgan fingerprint density at radius 3 is 2.50 bits per heavy atom. The van der Waals surface area contributed by atoms with E-state index in [1.807, 2.05) is 0 Å². The molecular formula is C16H31NO. The third kappa shape index (κ3) is 3.96. The molecule has 2 aliphatic heterocycles. The fourth-order valence-corrected chi connectivity index (χ4v) is 3.57. The Kier molecular flexibility index (Phi) is 5.50. The van der Waals surface area contributed by atoms with Gasteiger partial charge >= 0.3 is 0 Å². The minimum atomic E-state index is 0.517. The predicted octanol–water partition coefficient (Wildman–Crippen LogP) is 3.70. The lowest BCUT2D eigenvalue weighted by Crippen LogP contribution is -2.41. The number of nitrogens with zero attached hydrogens (tertiary/aromatic N) is 1. The van der Waals surface area contributed by atoms with Gasteiger partial charge in [-0.3, -0.25) is 0 Å². The highest BCUT2D eigenvalue weighted by Crippen LogP contribution is 2.29. The van der Waals surface area contributed by atoms with Crippen LogP contribution in [0.1, 0.15) is 59.3 Å². The van der Waals surface area contributed by atoms with Crippen LogP contribution in [0.25, 0.3) is 0 Å². The zero-order valence-corrected chi connectivity index (χ0v) is 12.5. The highest BCUT2D eigenvalue weighted by Gasteiger charge is 2.27. The maximum Gasteiger partial charge on any atom is 0.0592 e. The molecule has 0 radical (unpaired) electrons. The van der Waals surface area contributed by atoms with Gasteiger partial charge in [0.05, 0.1) is 6.10 Å². The number of hydrogen-bond acceptors (Lipinski definition) is 2. The van der Waals surface area contributed by atoms with Crippen molar-refractivity contribution in [2.24, 2.45) is 11.8 Å². The van der Waals surface area contributed by atoms with Crippen LogP contribution in [0.2, 0.25) is 0 Å². The Hall–Kier alpha value is -0.0800. The Morgan fingerprint density at radius 1 is 1.11 bits per heavy atom. The molecule has 2 rings (SSSR count). The Balaban J connectivity index is 1.77. The summed E-state index contributed by atoms with van der Waals surface area (Å²) in [6.45, 7) is 10.7. The lowest BCUT2D eigenvalue weighted by molar-refractivity contribution is -0.0358. The average Bonchev–Trinajstić information content (AvgIpc) is 2.40. The van der Waals surface area contributed by atoms with Crippen LogP contribution in [-0.2, 0) is 4.74 Å². The van der Waals surface area contributed by atoms with Gasteiger partial charge in [-0.25, -0.2) is 0 Å². The summed E-state index contributed by atoms with van der Waals surface area (Å²) in [5.74, 6) is 1.71. The van der Waals surface area contributed by atoms with Gasteiger partial charge in [0.15, 0.2) is 0 Å². The zero-order valence-electron chi connectivity index (χ0n) is 12.5. The van der Waals surface area contributed by atoms with E-state index in [1.165, 1.54) is 51.6 Å². The van der Waals surface area contributed by atoms with Gasteiger partial charge in [0, 0.05) is 12.6 Å². The molecule has 106 valence electrons. The largest absolute Gasteiger partial charge is 0.378 e. The van der Waals surface area contributed by atoms with Crippen LogP contribution in [0.15, 0.2) is 0 Å². The minimum absolute atomic E-state index is 0.517. The molecule has 0 saturated carbocycles. The quantitative estimate of drug-likeness (QED) is 0.757. The summed E-state index contributed by atoms with van der Waals surface area (Å²) < 4.78 is 5.99. The maximum absolute atomic E-state index is 5.99. The van der Waals surface area contributed by atoms with Gasteiger partial charge in [-0.15, -0.1) is 0 Å². The molecule has 0 aromatic heterocycles. The molecule has 2 saturated heterocycles. The summed E-state index contributed by atoms with van der Waals surface area (Å²) >= 11 is 0. The molecule has 0 spiro atoms. The van der Waals surface area contributed by atoms with E-state index in [0.29, 0.717) is 12.1 Å². The molecule has 0 amide bonds. The van der Waals surface area contributed by atoms with Gasteiger partial charge in [-0.05, 0) is 64.0 Å². The van der Waals surface area contributed by atoms with Crippen LogP contribution < -0.4 is 0 Å².